The minimum absolute atomic E-state index is 0.0690. The number of rotatable bonds is 2. The van der Waals surface area contributed by atoms with Crippen LogP contribution in [0.1, 0.15) is 48.3 Å². The molecule has 5 nitrogen and oxygen atoms in total. The van der Waals surface area contributed by atoms with Crippen LogP contribution in [-0.4, -0.2) is 27.8 Å². The summed E-state index contributed by atoms with van der Waals surface area (Å²) in [7, 11) is 1.79. The average Bonchev–Trinajstić information content (AvgIpc) is 2.52. The normalized spacial score (nSPS) is 24.6. The van der Waals surface area contributed by atoms with Gasteiger partial charge in [-0.3, -0.25) is 9.48 Å². The number of nitrogens with one attached hydrogen (secondary N) is 1. The Morgan fingerprint density at radius 1 is 1.44 bits per heavy atom. The van der Waals surface area contributed by atoms with Crippen LogP contribution < -0.4 is 11.1 Å². The van der Waals surface area contributed by atoms with Gasteiger partial charge < -0.3 is 11.1 Å². The summed E-state index contributed by atoms with van der Waals surface area (Å²) in [6.45, 7) is 1.88. The van der Waals surface area contributed by atoms with Gasteiger partial charge in [0.05, 0.1) is 5.69 Å². The Morgan fingerprint density at radius 2 is 2.17 bits per heavy atom. The summed E-state index contributed by atoms with van der Waals surface area (Å²) in [6.07, 6.45) is 5.49. The number of hydrogen-bond acceptors (Lipinski definition) is 3. The van der Waals surface area contributed by atoms with Crippen molar-refractivity contribution in [2.24, 2.45) is 12.8 Å². The molecule has 1 aliphatic rings. The van der Waals surface area contributed by atoms with Crippen molar-refractivity contribution in [3.05, 3.63) is 17.5 Å². The number of nitrogens with two attached hydrogens (primary N) is 1. The van der Waals surface area contributed by atoms with Gasteiger partial charge in [0.25, 0.3) is 5.91 Å². The van der Waals surface area contributed by atoms with Crippen LogP contribution in [0.4, 0.5) is 0 Å². The smallest absolute Gasteiger partial charge is 0.269 e. The van der Waals surface area contributed by atoms with E-state index in [0.29, 0.717) is 5.69 Å². The van der Waals surface area contributed by atoms with Crippen LogP contribution >= 0.6 is 0 Å². The first kappa shape index (κ1) is 13.1. The summed E-state index contributed by atoms with van der Waals surface area (Å²) in [6, 6.07) is 1.97. The van der Waals surface area contributed by atoms with E-state index in [1.54, 1.807) is 17.8 Å². The minimum atomic E-state index is -0.0690. The largest absolute Gasteiger partial charge is 0.346 e. The van der Waals surface area contributed by atoms with Crippen molar-refractivity contribution in [2.75, 3.05) is 0 Å². The molecular weight excluding hydrogens is 228 g/mol. The van der Waals surface area contributed by atoms with Gasteiger partial charge in [-0.15, -0.1) is 0 Å². The first-order chi connectivity index (χ1) is 8.58. The van der Waals surface area contributed by atoms with Crippen molar-refractivity contribution in [1.82, 2.24) is 15.1 Å². The minimum Gasteiger partial charge on any atom is -0.346 e. The van der Waals surface area contributed by atoms with E-state index in [4.69, 9.17) is 5.73 Å². The molecule has 3 N–H and O–H groups in total. The number of carbonyl (C=O) groups excluding carboxylic acids is 1. The van der Waals surface area contributed by atoms with Gasteiger partial charge in [-0.05, 0) is 25.8 Å². The highest BCUT2D eigenvalue weighted by Crippen LogP contribution is 2.17. The van der Waals surface area contributed by atoms with E-state index >= 15 is 0 Å². The Labute approximate surface area is 108 Å². The van der Waals surface area contributed by atoms with Gasteiger partial charge in [0.15, 0.2) is 0 Å². The Kier molecular flexibility index (Phi) is 4.01. The Hall–Kier alpha value is -1.36. The monoisotopic (exact) mass is 250 g/mol. The van der Waals surface area contributed by atoms with Crippen LogP contribution in [0.2, 0.25) is 0 Å². The van der Waals surface area contributed by atoms with E-state index in [9.17, 15) is 4.79 Å². The maximum Gasteiger partial charge on any atom is 0.269 e. The highest BCUT2D eigenvalue weighted by molar-refractivity contribution is 5.92. The molecule has 1 aromatic heterocycles. The zero-order chi connectivity index (χ0) is 13.1. The fourth-order valence-electron chi connectivity index (χ4n) is 2.58. The van der Waals surface area contributed by atoms with Gasteiger partial charge in [0.1, 0.15) is 5.69 Å². The van der Waals surface area contributed by atoms with E-state index in [1.165, 1.54) is 12.8 Å². The third-order valence-electron chi connectivity index (χ3n) is 3.62. The van der Waals surface area contributed by atoms with E-state index in [1.807, 2.05) is 6.92 Å². The number of carbonyl (C=O) groups is 1. The highest BCUT2D eigenvalue weighted by Gasteiger charge is 2.23. The van der Waals surface area contributed by atoms with Crippen LogP contribution in [0.5, 0.6) is 0 Å². The molecule has 0 radical (unpaired) electrons. The van der Waals surface area contributed by atoms with Crippen molar-refractivity contribution in [3.63, 3.8) is 0 Å². The van der Waals surface area contributed by atoms with Crippen LogP contribution in [0, 0.1) is 6.92 Å². The van der Waals surface area contributed by atoms with Gasteiger partial charge in [0.2, 0.25) is 0 Å². The SMILES string of the molecule is Cc1cc(C(=O)NC2CCCCCC2N)n(C)n1. The number of amides is 1. The van der Waals surface area contributed by atoms with Gasteiger partial charge in [0, 0.05) is 19.1 Å². The van der Waals surface area contributed by atoms with Gasteiger partial charge in [-0.2, -0.15) is 5.10 Å². The first-order valence-corrected chi connectivity index (χ1v) is 6.65. The summed E-state index contributed by atoms with van der Waals surface area (Å²) in [5.41, 5.74) is 7.57. The molecule has 1 aliphatic carbocycles. The van der Waals surface area contributed by atoms with Crippen molar-refractivity contribution in [1.29, 1.82) is 0 Å². The van der Waals surface area contributed by atoms with Gasteiger partial charge in [-0.25, -0.2) is 0 Å². The molecule has 0 spiro atoms. The van der Waals surface area contributed by atoms with Crippen LogP contribution in [0.3, 0.4) is 0 Å². The molecule has 0 bridgehead atoms. The summed E-state index contributed by atoms with van der Waals surface area (Å²) in [5.74, 6) is -0.0690. The van der Waals surface area contributed by atoms with E-state index in [0.717, 1.165) is 25.0 Å². The highest BCUT2D eigenvalue weighted by atomic mass is 16.2. The molecule has 0 aromatic carbocycles. The quantitative estimate of drug-likeness (QED) is 0.772. The lowest BCUT2D eigenvalue weighted by Gasteiger charge is -2.22. The maximum absolute atomic E-state index is 12.2. The second kappa shape index (κ2) is 5.52. The van der Waals surface area contributed by atoms with Crippen molar-refractivity contribution in [3.8, 4) is 0 Å². The van der Waals surface area contributed by atoms with Crippen molar-refractivity contribution < 1.29 is 4.79 Å². The summed E-state index contributed by atoms with van der Waals surface area (Å²) in [5, 5.41) is 7.24. The predicted octanol–water partition coefficient (Wildman–Crippen LogP) is 1.12. The van der Waals surface area contributed by atoms with Crippen molar-refractivity contribution in [2.45, 2.75) is 51.1 Å². The fourth-order valence-corrected chi connectivity index (χ4v) is 2.58. The summed E-state index contributed by atoms with van der Waals surface area (Å²) >= 11 is 0. The Balaban J connectivity index is 2.04. The van der Waals surface area contributed by atoms with Gasteiger partial charge >= 0.3 is 0 Å². The third kappa shape index (κ3) is 2.90. The molecule has 0 saturated heterocycles. The topological polar surface area (TPSA) is 72.9 Å². The second-order valence-electron chi connectivity index (χ2n) is 5.18. The standard InChI is InChI=1S/C13H22N4O/c1-9-8-12(17(2)16-9)13(18)15-11-7-5-3-4-6-10(11)14/h8,10-11H,3-7,14H2,1-2H3,(H,15,18). The Morgan fingerprint density at radius 3 is 2.83 bits per heavy atom. The Bertz CT molecular complexity index is 427. The number of aromatic nitrogens is 2. The molecule has 5 heteroatoms. The fraction of sp³-hybridized carbons (Fsp3) is 0.692. The van der Waals surface area contributed by atoms with Crippen LogP contribution in [0.15, 0.2) is 6.07 Å². The lowest BCUT2D eigenvalue weighted by atomic mass is 10.0. The van der Waals surface area contributed by atoms with Gasteiger partial charge in [-0.1, -0.05) is 19.3 Å². The average molecular weight is 250 g/mol. The number of hydrogen-bond donors (Lipinski definition) is 2. The second-order valence-corrected chi connectivity index (χ2v) is 5.18. The molecule has 1 aromatic rings. The lowest BCUT2D eigenvalue weighted by Crippen LogP contribution is -2.47. The zero-order valence-electron chi connectivity index (χ0n) is 11.1. The first-order valence-electron chi connectivity index (χ1n) is 6.65. The molecule has 100 valence electrons. The molecule has 1 saturated carbocycles. The maximum atomic E-state index is 12.2. The molecule has 1 amide bonds. The molecule has 2 rings (SSSR count). The molecular formula is C13H22N4O. The van der Waals surface area contributed by atoms with Crippen molar-refractivity contribution >= 4 is 5.91 Å². The zero-order valence-corrected chi connectivity index (χ0v) is 11.1. The molecule has 0 aliphatic heterocycles. The van der Waals surface area contributed by atoms with E-state index < -0.39 is 0 Å². The molecule has 1 heterocycles. The number of nitrogens with zero attached hydrogens (tertiary/aromatic N) is 2. The summed E-state index contributed by atoms with van der Waals surface area (Å²) in [4.78, 5) is 12.2. The van der Waals surface area contributed by atoms with E-state index in [2.05, 4.69) is 10.4 Å². The van der Waals surface area contributed by atoms with E-state index in [-0.39, 0.29) is 18.0 Å². The molecule has 18 heavy (non-hydrogen) atoms. The molecule has 2 atom stereocenters. The molecule has 2 unspecified atom stereocenters. The van der Waals surface area contributed by atoms with Crippen LogP contribution in [-0.2, 0) is 7.05 Å². The molecule has 1 fully saturated rings. The summed E-state index contributed by atoms with van der Waals surface area (Å²) < 4.78 is 1.62. The lowest BCUT2D eigenvalue weighted by molar-refractivity contribution is 0.0919. The predicted molar refractivity (Wildman–Crippen MR) is 70.3 cm³/mol. The third-order valence-corrected chi connectivity index (χ3v) is 3.62. The number of aryl methyl sites for hydroxylation is 2. The van der Waals surface area contributed by atoms with Crippen LogP contribution in [0.25, 0.3) is 0 Å².